The summed E-state index contributed by atoms with van der Waals surface area (Å²) in [5.74, 6) is 1.66. The summed E-state index contributed by atoms with van der Waals surface area (Å²) in [4.78, 5) is 2.60. The van der Waals surface area contributed by atoms with Gasteiger partial charge in [-0.2, -0.15) is 0 Å². The fraction of sp³-hybridized carbons (Fsp3) is 1.00. The molecule has 1 N–H and O–H groups in total. The van der Waals surface area contributed by atoms with E-state index in [4.69, 9.17) is 4.74 Å². The SMILES string of the molecule is CCC(C)C1CN(CCOCC2CC2)C(C)CN1. The van der Waals surface area contributed by atoms with Gasteiger partial charge in [0.05, 0.1) is 6.61 Å². The second kappa shape index (κ2) is 6.88. The Kier molecular flexibility index (Phi) is 5.46. The van der Waals surface area contributed by atoms with Gasteiger partial charge in [-0.05, 0) is 31.6 Å². The highest BCUT2D eigenvalue weighted by atomic mass is 16.5. The molecule has 1 aliphatic heterocycles. The van der Waals surface area contributed by atoms with E-state index < -0.39 is 0 Å². The Bertz CT molecular complexity index is 243. The predicted molar refractivity (Wildman–Crippen MR) is 75.8 cm³/mol. The zero-order valence-electron chi connectivity index (χ0n) is 12.3. The molecule has 106 valence electrons. The molecule has 18 heavy (non-hydrogen) atoms. The van der Waals surface area contributed by atoms with Gasteiger partial charge < -0.3 is 10.1 Å². The van der Waals surface area contributed by atoms with Crippen molar-refractivity contribution in [3.8, 4) is 0 Å². The van der Waals surface area contributed by atoms with Crippen LogP contribution in [0.25, 0.3) is 0 Å². The Balaban J connectivity index is 1.67. The molecule has 3 heteroatoms. The van der Waals surface area contributed by atoms with E-state index in [9.17, 15) is 0 Å². The summed E-state index contributed by atoms with van der Waals surface area (Å²) >= 11 is 0. The lowest BCUT2D eigenvalue weighted by Crippen LogP contribution is -2.57. The van der Waals surface area contributed by atoms with Gasteiger partial charge in [0, 0.05) is 38.3 Å². The van der Waals surface area contributed by atoms with E-state index in [-0.39, 0.29) is 0 Å². The first-order chi connectivity index (χ1) is 8.70. The predicted octanol–water partition coefficient (Wildman–Crippen LogP) is 2.12. The molecule has 0 aromatic carbocycles. The first-order valence-electron chi connectivity index (χ1n) is 7.75. The summed E-state index contributed by atoms with van der Waals surface area (Å²) in [5.41, 5.74) is 0. The molecule has 0 bridgehead atoms. The van der Waals surface area contributed by atoms with Gasteiger partial charge in [0.25, 0.3) is 0 Å². The van der Waals surface area contributed by atoms with Crippen LogP contribution in [0.15, 0.2) is 0 Å². The number of ether oxygens (including phenoxy) is 1. The summed E-state index contributed by atoms with van der Waals surface area (Å²) in [7, 11) is 0. The maximum atomic E-state index is 5.77. The Morgan fingerprint density at radius 2 is 2.17 bits per heavy atom. The lowest BCUT2D eigenvalue weighted by Gasteiger charge is -2.41. The normalized spacial score (nSPS) is 31.5. The molecule has 1 heterocycles. The smallest absolute Gasteiger partial charge is 0.0593 e. The second-order valence-corrected chi connectivity index (χ2v) is 6.26. The standard InChI is InChI=1S/C15H30N2O/c1-4-12(2)15-10-17(13(3)9-16-15)7-8-18-11-14-5-6-14/h12-16H,4-11H2,1-3H3. The molecule has 0 amide bonds. The summed E-state index contributed by atoms with van der Waals surface area (Å²) in [5, 5.41) is 3.69. The highest BCUT2D eigenvalue weighted by Crippen LogP contribution is 2.28. The highest BCUT2D eigenvalue weighted by molar-refractivity contribution is 4.86. The van der Waals surface area contributed by atoms with Crippen molar-refractivity contribution in [3.05, 3.63) is 0 Å². The molecule has 2 rings (SSSR count). The second-order valence-electron chi connectivity index (χ2n) is 6.26. The molecule has 2 aliphatic rings. The number of hydrogen-bond donors (Lipinski definition) is 1. The molecule has 0 radical (unpaired) electrons. The maximum absolute atomic E-state index is 5.77. The van der Waals surface area contributed by atoms with Crippen LogP contribution in [0.3, 0.4) is 0 Å². The largest absolute Gasteiger partial charge is 0.380 e. The lowest BCUT2D eigenvalue weighted by molar-refractivity contribution is 0.0586. The van der Waals surface area contributed by atoms with E-state index in [0.717, 1.165) is 38.1 Å². The highest BCUT2D eigenvalue weighted by Gasteiger charge is 2.27. The van der Waals surface area contributed by atoms with Gasteiger partial charge in [0.15, 0.2) is 0 Å². The fourth-order valence-corrected chi connectivity index (χ4v) is 2.64. The van der Waals surface area contributed by atoms with Gasteiger partial charge in [-0.25, -0.2) is 0 Å². The van der Waals surface area contributed by atoms with Crippen LogP contribution >= 0.6 is 0 Å². The van der Waals surface area contributed by atoms with Crippen LogP contribution in [-0.4, -0.2) is 49.8 Å². The minimum Gasteiger partial charge on any atom is -0.380 e. The molecule has 1 aliphatic carbocycles. The molecule has 1 saturated carbocycles. The number of nitrogens with one attached hydrogen (secondary N) is 1. The number of piperazine rings is 1. The Hall–Kier alpha value is -0.120. The van der Waals surface area contributed by atoms with Crippen molar-refractivity contribution in [1.29, 1.82) is 0 Å². The topological polar surface area (TPSA) is 24.5 Å². The summed E-state index contributed by atoms with van der Waals surface area (Å²) in [6.45, 7) is 12.3. The average Bonchev–Trinajstić information content (AvgIpc) is 3.19. The molecular formula is C15H30N2O. The molecule has 3 nitrogen and oxygen atoms in total. The van der Waals surface area contributed by atoms with E-state index in [2.05, 4.69) is 31.0 Å². The minimum absolute atomic E-state index is 0.648. The third-order valence-corrected chi connectivity index (χ3v) is 4.63. The van der Waals surface area contributed by atoms with Crippen LogP contribution in [0, 0.1) is 11.8 Å². The van der Waals surface area contributed by atoms with E-state index in [1.807, 2.05) is 0 Å². The van der Waals surface area contributed by atoms with Crippen LogP contribution in [-0.2, 0) is 4.74 Å². The third-order valence-electron chi connectivity index (χ3n) is 4.63. The van der Waals surface area contributed by atoms with Crippen LogP contribution in [0.2, 0.25) is 0 Å². The van der Waals surface area contributed by atoms with Crippen molar-refractivity contribution < 1.29 is 4.74 Å². The molecular weight excluding hydrogens is 224 g/mol. The van der Waals surface area contributed by atoms with Gasteiger partial charge in [-0.3, -0.25) is 4.90 Å². The Labute approximate surface area is 112 Å². The number of rotatable bonds is 7. The van der Waals surface area contributed by atoms with Crippen LogP contribution < -0.4 is 5.32 Å². The maximum Gasteiger partial charge on any atom is 0.0593 e. The van der Waals surface area contributed by atoms with Crippen LogP contribution in [0.5, 0.6) is 0 Å². The summed E-state index contributed by atoms with van der Waals surface area (Å²) in [6.07, 6.45) is 4.04. The minimum atomic E-state index is 0.648. The Morgan fingerprint density at radius 3 is 2.83 bits per heavy atom. The lowest BCUT2D eigenvalue weighted by atomic mass is 9.96. The Morgan fingerprint density at radius 1 is 1.39 bits per heavy atom. The zero-order chi connectivity index (χ0) is 13.0. The van der Waals surface area contributed by atoms with E-state index in [1.165, 1.54) is 25.8 Å². The number of hydrogen-bond acceptors (Lipinski definition) is 3. The quantitative estimate of drug-likeness (QED) is 0.704. The average molecular weight is 254 g/mol. The van der Waals surface area contributed by atoms with Gasteiger partial charge >= 0.3 is 0 Å². The summed E-state index contributed by atoms with van der Waals surface area (Å²) in [6, 6.07) is 1.31. The summed E-state index contributed by atoms with van der Waals surface area (Å²) < 4.78 is 5.77. The van der Waals surface area contributed by atoms with Crippen LogP contribution in [0.4, 0.5) is 0 Å². The van der Waals surface area contributed by atoms with Crippen molar-refractivity contribution in [3.63, 3.8) is 0 Å². The third kappa shape index (κ3) is 4.22. The van der Waals surface area contributed by atoms with E-state index >= 15 is 0 Å². The van der Waals surface area contributed by atoms with E-state index in [1.54, 1.807) is 0 Å². The molecule has 0 spiro atoms. The van der Waals surface area contributed by atoms with Crippen molar-refractivity contribution in [1.82, 2.24) is 10.2 Å². The number of nitrogens with zero attached hydrogens (tertiary/aromatic N) is 1. The molecule has 0 aromatic heterocycles. The molecule has 1 saturated heterocycles. The van der Waals surface area contributed by atoms with Crippen LogP contribution in [0.1, 0.15) is 40.0 Å². The molecule has 2 fully saturated rings. The van der Waals surface area contributed by atoms with E-state index in [0.29, 0.717) is 12.1 Å². The van der Waals surface area contributed by atoms with Crippen molar-refractivity contribution in [2.24, 2.45) is 11.8 Å². The monoisotopic (exact) mass is 254 g/mol. The fourth-order valence-electron chi connectivity index (χ4n) is 2.64. The first kappa shape index (κ1) is 14.3. The van der Waals surface area contributed by atoms with Crippen molar-refractivity contribution in [2.75, 3.05) is 32.8 Å². The molecule has 3 unspecified atom stereocenters. The van der Waals surface area contributed by atoms with Crippen molar-refractivity contribution >= 4 is 0 Å². The van der Waals surface area contributed by atoms with Gasteiger partial charge in [-0.15, -0.1) is 0 Å². The molecule has 0 aromatic rings. The zero-order valence-corrected chi connectivity index (χ0v) is 12.3. The first-order valence-corrected chi connectivity index (χ1v) is 7.75. The molecule has 3 atom stereocenters. The van der Waals surface area contributed by atoms with Crippen molar-refractivity contribution in [2.45, 2.75) is 52.1 Å². The van der Waals surface area contributed by atoms with Gasteiger partial charge in [0.1, 0.15) is 0 Å². The van der Waals surface area contributed by atoms with Gasteiger partial charge in [-0.1, -0.05) is 20.3 Å². The van der Waals surface area contributed by atoms with Gasteiger partial charge in [0.2, 0.25) is 0 Å².